The number of piperidine rings is 1. The summed E-state index contributed by atoms with van der Waals surface area (Å²) in [5.41, 5.74) is 10.4. The lowest BCUT2D eigenvalue weighted by Gasteiger charge is -2.36. The first-order valence-corrected chi connectivity index (χ1v) is 11.8. The molecular formula is C26H31BrN2. The zero-order chi connectivity index (χ0) is 20.3. The summed E-state index contributed by atoms with van der Waals surface area (Å²) in [7, 11) is 2.25. The van der Waals surface area contributed by atoms with E-state index in [0.717, 1.165) is 17.3 Å². The second-order valence-corrected chi connectivity index (χ2v) is 10.5. The molecule has 152 valence electrons. The van der Waals surface area contributed by atoms with Crippen LogP contribution in [0.3, 0.4) is 0 Å². The van der Waals surface area contributed by atoms with Crippen molar-refractivity contribution in [3.63, 3.8) is 0 Å². The quantitative estimate of drug-likeness (QED) is 0.469. The second-order valence-electron chi connectivity index (χ2n) is 9.61. The first-order chi connectivity index (χ1) is 13.9. The van der Waals surface area contributed by atoms with Crippen LogP contribution >= 0.6 is 15.9 Å². The summed E-state index contributed by atoms with van der Waals surface area (Å²) < 4.78 is 1.14. The van der Waals surface area contributed by atoms with Gasteiger partial charge in [-0.2, -0.15) is 0 Å². The fourth-order valence-corrected chi connectivity index (χ4v) is 6.08. The summed E-state index contributed by atoms with van der Waals surface area (Å²) in [5, 5.41) is 1.37. The molecule has 0 unspecified atom stereocenters. The number of aromatic nitrogens is 1. The lowest BCUT2D eigenvalue weighted by molar-refractivity contribution is 0.255. The van der Waals surface area contributed by atoms with Crippen molar-refractivity contribution in [3.8, 4) is 0 Å². The summed E-state index contributed by atoms with van der Waals surface area (Å²) in [5.74, 6) is 0.710. The standard InChI is InChI=1S/C26H31BrN2/c1-5-16-12-18-13-22-20-7-6-19(27)14-24(20)28-25(22)26(2,3)23(18)15-21(16)17-8-10-29(4)11-9-17/h6-7,12,14-15,17,28H,5,8-11,13H2,1-4H3. The summed E-state index contributed by atoms with van der Waals surface area (Å²) in [4.78, 5) is 6.26. The molecule has 0 bridgehead atoms. The Labute approximate surface area is 182 Å². The molecule has 1 fully saturated rings. The molecule has 1 saturated heterocycles. The molecule has 1 aromatic heterocycles. The molecule has 0 atom stereocenters. The Bertz CT molecular complexity index is 1080. The van der Waals surface area contributed by atoms with Crippen molar-refractivity contribution in [2.75, 3.05) is 20.1 Å². The third-order valence-corrected chi connectivity index (χ3v) is 7.93. The van der Waals surface area contributed by atoms with Gasteiger partial charge in [0.25, 0.3) is 0 Å². The monoisotopic (exact) mass is 450 g/mol. The number of hydrogen-bond donors (Lipinski definition) is 1. The van der Waals surface area contributed by atoms with E-state index >= 15 is 0 Å². The van der Waals surface area contributed by atoms with Crippen LogP contribution in [0, 0.1) is 0 Å². The van der Waals surface area contributed by atoms with Crippen LogP contribution in [0.15, 0.2) is 34.8 Å². The molecule has 29 heavy (non-hydrogen) atoms. The number of aryl methyl sites for hydroxylation is 1. The molecule has 5 rings (SSSR count). The van der Waals surface area contributed by atoms with Crippen LogP contribution in [-0.2, 0) is 18.3 Å². The number of hydrogen-bond acceptors (Lipinski definition) is 1. The number of nitrogens with zero attached hydrogens (tertiary/aromatic N) is 1. The average Bonchev–Trinajstić information content (AvgIpc) is 3.06. The van der Waals surface area contributed by atoms with E-state index in [1.165, 1.54) is 59.2 Å². The molecule has 3 aromatic rings. The number of likely N-dealkylation sites (tertiary alicyclic amines) is 1. The van der Waals surface area contributed by atoms with Gasteiger partial charge in [-0.15, -0.1) is 0 Å². The van der Waals surface area contributed by atoms with Gasteiger partial charge in [0.15, 0.2) is 0 Å². The number of fused-ring (bicyclic) bond motifs is 4. The van der Waals surface area contributed by atoms with E-state index < -0.39 is 0 Å². The molecule has 2 aliphatic rings. The number of H-pyrrole nitrogens is 1. The van der Waals surface area contributed by atoms with E-state index in [2.05, 4.69) is 84.0 Å². The Morgan fingerprint density at radius 3 is 2.62 bits per heavy atom. The van der Waals surface area contributed by atoms with Gasteiger partial charge in [-0.05, 0) is 85.3 Å². The Morgan fingerprint density at radius 2 is 1.90 bits per heavy atom. The van der Waals surface area contributed by atoms with Gasteiger partial charge in [-0.25, -0.2) is 0 Å². The Kier molecular flexibility index (Phi) is 4.67. The molecule has 0 spiro atoms. The molecule has 0 amide bonds. The number of nitrogens with one attached hydrogen (secondary N) is 1. The van der Waals surface area contributed by atoms with E-state index in [9.17, 15) is 0 Å². The van der Waals surface area contributed by atoms with Crippen molar-refractivity contribution in [2.45, 2.75) is 57.8 Å². The maximum atomic E-state index is 3.78. The van der Waals surface area contributed by atoms with E-state index in [-0.39, 0.29) is 5.41 Å². The third kappa shape index (κ3) is 3.09. The molecule has 2 heterocycles. The molecule has 1 aliphatic carbocycles. The van der Waals surface area contributed by atoms with Crippen molar-refractivity contribution >= 4 is 26.8 Å². The maximum Gasteiger partial charge on any atom is 0.0470 e. The van der Waals surface area contributed by atoms with Gasteiger partial charge >= 0.3 is 0 Å². The minimum absolute atomic E-state index is 0.000886. The molecule has 0 saturated carbocycles. The average molecular weight is 451 g/mol. The maximum absolute atomic E-state index is 3.78. The van der Waals surface area contributed by atoms with Crippen LogP contribution in [0.4, 0.5) is 0 Å². The third-order valence-electron chi connectivity index (χ3n) is 7.44. The summed E-state index contributed by atoms with van der Waals surface area (Å²) in [6, 6.07) is 11.8. The van der Waals surface area contributed by atoms with Gasteiger partial charge < -0.3 is 9.88 Å². The SMILES string of the molecule is CCc1cc2c(cc1C1CCN(C)CC1)C(C)(C)c1[nH]c3cc(Br)ccc3c1C2. The van der Waals surface area contributed by atoms with E-state index in [1.54, 1.807) is 11.1 Å². The predicted octanol–water partition coefficient (Wildman–Crippen LogP) is 6.53. The van der Waals surface area contributed by atoms with Crippen LogP contribution < -0.4 is 0 Å². The Morgan fingerprint density at radius 1 is 1.14 bits per heavy atom. The topological polar surface area (TPSA) is 19.0 Å². The summed E-state index contributed by atoms with van der Waals surface area (Å²) in [6.45, 7) is 9.56. The minimum atomic E-state index is 0.000886. The van der Waals surface area contributed by atoms with Crippen LogP contribution in [-0.4, -0.2) is 30.0 Å². The highest BCUT2D eigenvalue weighted by atomic mass is 79.9. The first-order valence-electron chi connectivity index (χ1n) is 11.0. The highest BCUT2D eigenvalue weighted by Gasteiger charge is 2.36. The molecule has 1 N–H and O–H groups in total. The van der Waals surface area contributed by atoms with Gasteiger partial charge in [-0.1, -0.05) is 54.9 Å². The molecule has 2 aromatic carbocycles. The lowest BCUT2D eigenvalue weighted by atomic mass is 9.69. The fourth-order valence-electron chi connectivity index (χ4n) is 5.72. The van der Waals surface area contributed by atoms with Crippen LogP contribution in [0.25, 0.3) is 10.9 Å². The fraction of sp³-hybridized carbons (Fsp3) is 0.462. The predicted molar refractivity (Wildman–Crippen MR) is 126 cm³/mol. The van der Waals surface area contributed by atoms with Gasteiger partial charge in [0, 0.05) is 32.9 Å². The minimum Gasteiger partial charge on any atom is -0.357 e. The molecule has 0 radical (unpaired) electrons. The first kappa shape index (κ1) is 19.4. The van der Waals surface area contributed by atoms with Gasteiger partial charge in [0.05, 0.1) is 0 Å². The zero-order valence-corrected chi connectivity index (χ0v) is 19.6. The van der Waals surface area contributed by atoms with Crippen molar-refractivity contribution in [1.82, 2.24) is 9.88 Å². The molecule has 1 aliphatic heterocycles. The second kappa shape index (κ2) is 6.99. The van der Waals surface area contributed by atoms with Crippen molar-refractivity contribution in [2.24, 2.45) is 0 Å². The highest BCUT2D eigenvalue weighted by Crippen LogP contribution is 2.46. The normalized spacial score (nSPS) is 19.3. The van der Waals surface area contributed by atoms with Gasteiger partial charge in [0.2, 0.25) is 0 Å². The Balaban J connectivity index is 1.65. The van der Waals surface area contributed by atoms with Crippen LogP contribution in [0.1, 0.15) is 73.0 Å². The highest BCUT2D eigenvalue weighted by molar-refractivity contribution is 9.10. The number of benzene rings is 2. The van der Waals surface area contributed by atoms with Crippen molar-refractivity contribution in [3.05, 3.63) is 68.3 Å². The number of halogens is 1. The van der Waals surface area contributed by atoms with E-state index in [4.69, 9.17) is 0 Å². The van der Waals surface area contributed by atoms with Crippen molar-refractivity contribution in [1.29, 1.82) is 0 Å². The number of rotatable bonds is 2. The van der Waals surface area contributed by atoms with Crippen molar-refractivity contribution < 1.29 is 0 Å². The molecule has 3 heteroatoms. The smallest absolute Gasteiger partial charge is 0.0470 e. The van der Waals surface area contributed by atoms with Crippen LogP contribution in [0.5, 0.6) is 0 Å². The zero-order valence-electron chi connectivity index (χ0n) is 18.0. The number of aromatic amines is 1. The summed E-state index contributed by atoms with van der Waals surface area (Å²) in [6.07, 6.45) is 4.74. The molecule has 2 nitrogen and oxygen atoms in total. The largest absolute Gasteiger partial charge is 0.357 e. The molecular weight excluding hydrogens is 420 g/mol. The summed E-state index contributed by atoms with van der Waals surface area (Å²) >= 11 is 3.64. The van der Waals surface area contributed by atoms with Gasteiger partial charge in [0.1, 0.15) is 0 Å². The van der Waals surface area contributed by atoms with Crippen LogP contribution in [0.2, 0.25) is 0 Å². The Hall–Kier alpha value is -1.58. The van der Waals surface area contributed by atoms with E-state index in [0.29, 0.717) is 5.92 Å². The van der Waals surface area contributed by atoms with Gasteiger partial charge in [-0.3, -0.25) is 0 Å². The van der Waals surface area contributed by atoms with E-state index in [1.807, 2.05) is 0 Å². The lowest BCUT2D eigenvalue weighted by Crippen LogP contribution is -2.31.